The Morgan fingerprint density at radius 3 is 1.27 bits per heavy atom. The SMILES string of the molecule is C(=N\C(=NCc1ccccc1)n1c2ccccc2c2ccc3c(c21)-c1ccccc1C3(c1ccccc1)c1ccccc1)/n1c2ccccc2c2ccc3c(c21)-c1ccccc1C3(c1ccccc1)c1ccccc1.C=N. The van der Waals surface area contributed by atoms with E-state index >= 15 is 0 Å². The largest absolute Gasteiger partial charge is 0.317 e. The molecule has 0 spiro atoms. The summed E-state index contributed by atoms with van der Waals surface area (Å²) < 4.78 is 4.70. The fraction of sp³-hybridized carbons (Fsp3) is 0.0417. The topological polar surface area (TPSA) is 58.4 Å². The quantitative estimate of drug-likeness (QED) is 0.122. The first-order valence-electron chi connectivity index (χ1n) is 26.3. The predicted molar refractivity (Wildman–Crippen MR) is 320 cm³/mol. The van der Waals surface area contributed by atoms with Crippen LogP contribution in [-0.2, 0) is 17.4 Å². The van der Waals surface area contributed by atoms with Crippen molar-refractivity contribution in [2.45, 2.75) is 17.4 Å². The van der Waals surface area contributed by atoms with Gasteiger partial charge in [0.15, 0.2) is 0 Å². The normalized spacial score (nSPS) is 13.8. The zero-order valence-electron chi connectivity index (χ0n) is 42.3. The van der Waals surface area contributed by atoms with Crippen molar-refractivity contribution in [3.05, 3.63) is 323 Å². The minimum atomic E-state index is -0.580. The van der Waals surface area contributed by atoms with E-state index in [0.29, 0.717) is 12.5 Å². The molecule has 2 aliphatic carbocycles. The van der Waals surface area contributed by atoms with Crippen molar-refractivity contribution in [3.63, 3.8) is 0 Å². The molecule has 77 heavy (non-hydrogen) atoms. The molecule has 11 aromatic carbocycles. The Morgan fingerprint density at radius 2 is 0.766 bits per heavy atom. The lowest BCUT2D eigenvalue weighted by molar-refractivity contribution is 0.769. The van der Waals surface area contributed by atoms with E-state index in [-0.39, 0.29) is 0 Å². The molecule has 0 saturated carbocycles. The molecule has 364 valence electrons. The molecule has 0 aliphatic heterocycles. The highest BCUT2D eigenvalue weighted by Crippen LogP contribution is 2.60. The van der Waals surface area contributed by atoms with Gasteiger partial charge in [0, 0.05) is 32.7 Å². The van der Waals surface area contributed by atoms with E-state index in [1.165, 1.54) is 77.5 Å². The van der Waals surface area contributed by atoms with Gasteiger partial charge in [-0.3, -0.25) is 9.13 Å². The maximum absolute atomic E-state index is 5.74. The second-order valence-electron chi connectivity index (χ2n) is 19.9. The summed E-state index contributed by atoms with van der Waals surface area (Å²) in [5.74, 6) is 0.606. The van der Waals surface area contributed by atoms with E-state index < -0.39 is 10.8 Å². The Labute approximate surface area is 447 Å². The van der Waals surface area contributed by atoms with Crippen LogP contribution in [0.5, 0.6) is 0 Å². The minimum Gasteiger partial charge on any atom is -0.317 e. The Kier molecular flexibility index (Phi) is 10.9. The molecule has 2 aromatic heterocycles. The molecule has 0 unspecified atom stereocenters. The van der Waals surface area contributed by atoms with Crippen molar-refractivity contribution in [2.24, 2.45) is 9.98 Å². The summed E-state index contributed by atoms with van der Waals surface area (Å²) in [6.45, 7) is 2.94. The van der Waals surface area contributed by atoms with E-state index in [0.717, 1.165) is 38.4 Å². The van der Waals surface area contributed by atoms with Crippen molar-refractivity contribution < 1.29 is 0 Å². The summed E-state index contributed by atoms with van der Waals surface area (Å²) in [5, 5.41) is 10.2. The highest BCUT2D eigenvalue weighted by Gasteiger charge is 2.49. The number of rotatable bonds is 7. The number of nitrogens with zero attached hydrogens (tertiary/aromatic N) is 4. The highest BCUT2D eigenvalue weighted by atomic mass is 15.2. The molecule has 1 N–H and O–H groups in total. The Balaban J connectivity index is 0.00000267. The lowest BCUT2D eigenvalue weighted by atomic mass is 9.67. The van der Waals surface area contributed by atoms with E-state index in [9.17, 15) is 0 Å². The van der Waals surface area contributed by atoms with Crippen molar-refractivity contribution in [2.75, 3.05) is 0 Å². The summed E-state index contributed by atoms with van der Waals surface area (Å²) >= 11 is 0. The van der Waals surface area contributed by atoms with Gasteiger partial charge in [-0.25, -0.2) is 9.98 Å². The van der Waals surface area contributed by atoms with Gasteiger partial charge in [-0.15, -0.1) is 0 Å². The number of aromatic nitrogens is 2. The minimum absolute atomic E-state index is 0.442. The third-order valence-electron chi connectivity index (χ3n) is 16.3. The van der Waals surface area contributed by atoms with Crippen molar-refractivity contribution in [1.82, 2.24) is 9.13 Å². The lowest BCUT2D eigenvalue weighted by Gasteiger charge is -2.33. The van der Waals surface area contributed by atoms with Gasteiger partial charge in [0.2, 0.25) is 5.96 Å². The van der Waals surface area contributed by atoms with Crippen molar-refractivity contribution in [3.8, 4) is 22.3 Å². The predicted octanol–water partition coefficient (Wildman–Crippen LogP) is 16.9. The van der Waals surface area contributed by atoms with E-state index in [1.807, 2.05) is 0 Å². The van der Waals surface area contributed by atoms with Crippen LogP contribution in [0.15, 0.2) is 283 Å². The molecular weight excluding hydrogens is 935 g/mol. The van der Waals surface area contributed by atoms with Gasteiger partial charge in [0.25, 0.3) is 0 Å². The molecule has 0 fully saturated rings. The van der Waals surface area contributed by atoms with Crippen LogP contribution in [-0.4, -0.2) is 28.1 Å². The van der Waals surface area contributed by atoms with E-state index in [1.54, 1.807) is 0 Å². The van der Waals surface area contributed by atoms with Crippen LogP contribution in [0.3, 0.4) is 0 Å². The third kappa shape index (κ3) is 6.63. The average molecular weight is 986 g/mol. The van der Waals surface area contributed by atoms with Crippen LogP contribution < -0.4 is 0 Å². The van der Waals surface area contributed by atoms with Crippen LogP contribution in [0.25, 0.3) is 65.9 Å². The summed E-state index contributed by atoms with van der Waals surface area (Å²) in [6.07, 6.45) is 2.05. The number of hydrogen-bond acceptors (Lipinski definition) is 2. The van der Waals surface area contributed by atoms with Gasteiger partial charge in [-0.2, -0.15) is 0 Å². The van der Waals surface area contributed by atoms with Crippen LogP contribution in [0.2, 0.25) is 0 Å². The lowest BCUT2D eigenvalue weighted by Crippen LogP contribution is -2.28. The van der Waals surface area contributed by atoms with Gasteiger partial charge in [-0.05, 0) is 80.0 Å². The highest BCUT2D eigenvalue weighted by molar-refractivity contribution is 6.21. The van der Waals surface area contributed by atoms with Crippen LogP contribution in [0, 0.1) is 5.41 Å². The number of fused-ring (bicyclic) bond motifs is 14. The molecule has 5 nitrogen and oxygen atoms in total. The molecule has 0 amide bonds. The number of para-hydroxylation sites is 2. The molecule has 0 atom stereocenters. The maximum atomic E-state index is 5.74. The second kappa shape index (κ2) is 18.4. The zero-order chi connectivity index (χ0) is 51.5. The Morgan fingerprint density at radius 1 is 0.377 bits per heavy atom. The van der Waals surface area contributed by atoms with Gasteiger partial charge in [-0.1, -0.05) is 261 Å². The van der Waals surface area contributed by atoms with Crippen molar-refractivity contribution >= 4 is 62.6 Å². The summed E-state index contributed by atoms with van der Waals surface area (Å²) in [4.78, 5) is 11.4. The van der Waals surface area contributed by atoms with E-state index in [2.05, 4.69) is 295 Å². The van der Waals surface area contributed by atoms with Crippen molar-refractivity contribution in [1.29, 1.82) is 5.41 Å². The molecule has 13 aromatic rings. The summed E-state index contributed by atoms with van der Waals surface area (Å²) in [7, 11) is 0. The molecule has 0 radical (unpaired) electrons. The average Bonchev–Trinajstić information content (AvgIpc) is 4.39. The number of nitrogens with one attached hydrogen (secondary N) is 1. The number of aliphatic imine (C=N–C) groups is 2. The Hall–Kier alpha value is -9.97. The van der Waals surface area contributed by atoms with E-state index in [4.69, 9.17) is 15.4 Å². The van der Waals surface area contributed by atoms with Gasteiger partial charge in [0.05, 0.1) is 39.4 Å². The van der Waals surface area contributed by atoms with Crippen LogP contribution in [0.1, 0.15) is 50.1 Å². The second-order valence-corrected chi connectivity index (χ2v) is 19.9. The molecule has 15 rings (SSSR count). The van der Waals surface area contributed by atoms with Crippen LogP contribution >= 0.6 is 0 Å². The number of hydrogen-bond donors (Lipinski definition) is 1. The summed E-state index contributed by atoms with van der Waals surface area (Å²) in [5.41, 5.74) is 19.1. The van der Waals surface area contributed by atoms with Gasteiger partial charge in [0.1, 0.15) is 6.34 Å². The molecular formula is C72H51N5. The fourth-order valence-corrected chi connectivity index (χ4v) is 13.3. The first-order valence-corrected chi connectivity index (χ1v) is 26.3. The smallest absolute Gasteiger partial charge is 0.231 e. The van der Waals surface area contributed by atoms with Gasteiger partial charge < -0.3 is 5.41 Å². The molecule has 2 aliphatic rings. The maximum Gasteiger partial charge on any atom is 0.231 e. The Bertz CT molecular complexity index is 4360. The molecule has 0 bridgehead atoms. The first kappa shape index (κ1) is 45.6. The molecule has 2 heterocycles. The fourth-order valence-electron chi connectivity index (χ4n) is 13.3. The third-order valence-corrected chi connectivity index (χ3v) is 16.3. The van der Waals surface area contributed by atoms with Crippen LogP contribution in [0.4, 0.5) is 0 Å². The van der Waals surface area contributed by atoms with Gasteiger partial charge >= 0.3 is 0 Å². The number of benzene rings is 11. The standard InChI is InChI=1S/C71H48N4.CH3N/c1-6-24-48(25-7-1)46-72-69(75-64-41-23-19-35-54(64)56-43-45-62-66(68(56)75)58-37-17-21-39-60(58)71(62,51-30-12-4-13-31-51)52-32-14-5-15-33-52)73-47-74-63-40-22-18-34-53(63)55-42-44-61-65(67(55)74)57-36-16-20-38-59(57)70(61,49-26-8-2-9-27-49)50-28-10-3-11-29-50;1-2/h1-45,47H,46H2;2H,1H2/b72-69?,73-47+;. The monoisotopic (exact) mass is 985 g/mol. The first-order chi connectivity index (χ1) is 38.3. The summed E-state index contributed by atoms with van der Waals surface area (Å²) in [6, 6.07) is 99.8. The molecule has 0 saturated heterocycles. The molecule has 5 heteroatoms. The zero-order valence-corrected chi connectivity index (χ0v) is 42.3.